The number of ketones is 1. The highest BCUT2D eigenvalue weighted by Gasteiger charge is 2.25. The lowest BCUT2D eigenvalue weighted by Crippen LogP contribution is -2.39. The average molecular weight is 369 g/mol. The van der Waals surface area contributed by atoms with Gasteiger partial charge in [-0.05, 0) is 12.1 Å². The van der Waals surface area contributed by atoms with E-state index in [4.69, 9.17) is 0 Å². The van der Waals surface area contributed by atoms with Crippen LogP contribution in [0.3, 0.4) is 0 Å². The standard InChI is InChI=1S/C19H19N3O5/c1-10(23)17-18-12(11-6-4-5-7-13(11)20-18)8-14(21-17)19(26)22(2)15(24)9-16(25)27-3/h4-8,15,20,24H,9H2,1-3H3. The lowest BCUT2D eigenvalue weighted by molar-refractivity contribution is -0.144. The summed E-state index contributed by atoms with van der Waals surface area (Å²) in [7, 11) is 2.55. The Labute approximate surface area is 154 Å². The summed E-state index contributed by atoms with van der Waals surface area (Å²) in [5.41, 5.74) is 1.52. The second kappa shape index (κ2) is 7.16. The number of carbonyl (C=O) groups excluding carboxylic acids is 3. The number of fused-ring (bicyclic) bond motifs is 3. The van der Waals surface area contributed by atoms with Crippen LogP contribution in [0.4, 0.5) is 0 Å². The summed E-state index contributed by atoms with van der Waals surface area (Å²) < 4.78 is 4.50. The maximum atomic E-state index is 12.8. The molecule has 2 heterocycles. The number of pyridine rings is 1. The van der Waals surface area contributed by atoms with E-state index in [-0.39, 0.29) is 23.6 Å². The molecule has 3 aromatic rings. The van der Waals surface area contributed by atoms with Gasteiger partial charge in [0.2, 0.25) is 0 Å². The number of methoxy groups -OCH3 is 1. The second-order valence-corrected chi connectivity index (χ2v) is 6.18. The van der Waals surface area contributed by atoms with E-state index >= 15 is 0 Å². The van der Waals surface area contributed by atoms with Crippen molar-refractivity contribution in [3.63, 3.8) is 0 Å². The topological polar surface area (TPSA) is 113 Å². The van der Waals surface area contributed by atoms with Crippen LogP contribution in [-0.4, -0.2) is 58.0 Å². The molecular weight excluding hydrogens is 350 g/mol. The molecule has 8 nitrogen and oxygen atoms in total. The number of rotatable bonds is 5. The van der Waals surface area contributed by atoms with E-state index in [0.29, 0.717) is 10.9 Å². The first-order valence-electron chi connectivity index (χ1n) is 8.28. The summed E-state index contributed by atoms with van der Waals surface area (Å²) in [5, 5.41) is 11.6. The highest BCUT2D eigenvalue weighted by Crippen LogP contribution is 2.28. The highest BCUT2D eigenvalue weighted by molar-refractivity contribution is 6.15. The Hall–Kier alpha value is -3.26. The molecule has 0 bridgehead atoms. The zero-order chi connectivity index (χ0) is 19.7. The molecule has 0 radical (unpaired) electrons. The molecule has 140 valence electrons. The smallest absolute Gasteiger partial charge is 0.310 e. The first-order chi connectivity index (χ1) is 12.8. The fraction of sp³-hybridized carbons (Fsp3) is 0.263. The molecule has 2 N–H and O–H groups in total. The summed E-state index contributed by atoms with van der Waals surface area (Å²) in [6, 6.07) is 9.04. The molecule has 1 amide bonds. The van der Waals surface area contributed by atoms with Crippen molar-refractivity contribution in [1.29, 1.82) is 0 Å². The van der Waals surface area contributed by atoms with E-state index in [9.17, 15) is 19.5 Å². The Morgan fingerprint density at radius 2 is 1.96 bits per heavy atom. The Morgan fingerprint density at radius 3 is 2.63 bits per heavy atom. The molecule has 27 heavy (non-hydrogen) atoms. The lowest BCUT2D eigenvalue weighted by Gasteiger charge is -2.22. The van der Waals surface area contributed by atoms with E-state index in [1.165, 1.54) is 21.1 Å². The predicted molar refractivity (Wildman–Crippen MR) is 98.3 cm³/mol. The predicted octanol–water partition coefficient (Wildman–Crippen LogP) is 1.87. The van der Waals surface area contributed by atoms with Gasteiger partial charge >= 0.3 is 5.97 Å². The fourth-order valence-corrected chi connectivity index (χ4v) is 2.90. The highest BCUT2D eigenvalue weighted by atomic mass is 16.5. The normalized spacial score (nSPS) is 12.1. The number of ether oxygens (including phenoxy) is 1. The van der Waals surface area contributed by atoms with Gasteiger partial charge in [-0.3, -0.25) is 14.4 Å². The Bertz CT molecular complexity index is 1060. The van der Waals surface area contributed by atoms with E-state index in [0.717, 1.165) is 15.8 Å². The molecule has 1 aromatic carbocycles. The van der Waals surface area contributed by atoms with Crippen molar-refractivity contribution in [3.05, 3.63) is 41.7 Å². The van der Waals surface area contributed by atoms with Gasteiger partial charge in [0, 0.05) is 30.3 Å². The molecule has 1 unspecified atom stereocenters. The number of hydrogen-bond acceptors (Lipinski definition) is 6. The van der Waals surface area contributed by atoms with Crippen LogP contribution in [0.2, 0.25) is 0 Å². The molecule has 8 heteroatoms. The van der Waals surface area contributed by atoms with Crippen LogP contribution in [0.25, 0.3) is 21.8 Å². The quantitative estimate of drug-likeness (QED) is 0.403. The van der Waals surface area contributed by atoms with Gasteiger partial charge in [0.15, 0.2) is 5.78 Å². The van der Waals surface area contributed by atoms with Gasteiger partial charge in [-0.1, -0.05) is 18.2 Å². The number of amides is 1. The Morgan fingerprint density at radius 1 is 1.26 bits per heavy atom. The fourth-order valence-electron chi connectivity index (χ4n) is 2.90. The van der Waals surface area contributed by atoms with Crippen LogP contribution in [0.15, 0.2) is 30.3 Å². The van der Waals surface area contributed by atoms with Crippen molar-refractivity contribution < 1.29 is 24.2 Å². The molecule has 0 saturated heterocycles. The van der Waals surface area contributed by atoms with Gasteiger partial charge in [0.1, 0.15) is 17.6 Å². The van der Waals surface area contributed by atoms with Gasteiger partial charge in [-0.25, -0.2) is 4.98 Å². The Balaban J connectivity index is 2.08. The van der Waals surface area contributed by atoms with Crippen LogP contribution in [0, 0.1) is 0 Å². The maximum absolute atomic E-state index is 12.8. The number of carbonyl (C=O) groups is 3. The van der Waals surface area contributed by atoms with Crippen LogP contribution in [-0.2, 0) is 9.53 Å². The second-order valence-electron chi connectivity index (χ2n) is 6.18. The van der Waals surface area contributed by atoms with E-state index < -0.39 is 18.1 Å². The summed E-state index contributed by atoms with van der Waals surface area (Å²) in [5.74, 6) is -1.55. The minimum atomic E-state index is -1.37. The number of para-hydroxylation sites is 1. The third-order valence-corrected chi connectivity index (χ3v) is 4.39. The van der Waals surface area contributed by atoms with Gasteiger partial charge in [0.25, 0.3) is 5.91 Å². The minimum absolute atomic E-state index is 0.00358. The Kier molecular flexibility index (Phi) is 4.91. The third-order valence-electron chi connectivity index (χ3n) is 4.39. The lowest BCUT2D eigenvalue weighted by atomic mass is 10.1. The van der Waals surface area contributed by atoms with Crippen molar-refractivity contribution in [2.45, 2.75) is 19.6 Å². The van der Waals surface area contributed by atoms with Crippen molar-refractivity contribution in [3.8, 4) is 0 Å². The number of benzene rings is 1. The van der Waals surface area contributed by atoms with Gasteiger partial charge in [-0.2, -0.15) is 0 Å². The molecule has 0 aliphatic heterocycles. The molecule has 3 rings (SSSR count). The van der Waals surface area contributed by atoms with Crippen LogP contribution in [0.5, 0.6) is 0 Å². The van der Waals surface area contributed by atoms with Crippen molar-refractivity contribution in [2.75, 3.05) is 14.2 Å². The van der Waals surface area contributed by atoms with Gasteiger partial charge in [0.05, 0.1) is 19.0 Å². The number of aromatic amines is 1. The number of aliphatic hydroxyl groups is 1. The molecule has 0 fully saturated rings. The van der Waals surface area contributed by atoms with Gasteiger partial charge in [-0.15, -0.1) is 0 Å². The number of esters is 1. The number of H-pyrrole nitrogens is 1. The number of aliphatic hydroxyl groups excluding tert-OH is 1. The SMILES string of the molecule is COC(=O)CC(O)N(C)C(=O)c1cc2c([nH]c3ccccc32)c(C(C)=O)n1. The molecular formula is C19H19N3O5. The largest absolute Gasteiger partial charge is 0.469 e. The molecule has 1 atom stereocenters. The molecule has 0 aliphatic carbocycles. The van der Waals surface area contributed by atoms with Gasteiger partial charge < -0.3 is 19.7 Å². The molecule has 0 spiro atoms. The molecule has 0 aliphatic rings. The maximum Gasteiger partial charge on any atom is 0.310 e. The molecule has 2 aromatic heterocycles. The summed E-state index contributed by atoms with van der Waals surface area (Å²) in [4.78, 5) is 44.5. The summed E-state index contributed by atoms with van der Waals surface area (Å²) >= 11 is 0. The van der Waals surface area contributed by atoms with Crippen molar-refractivity contribution in [1.82, 2.24) is 14.9 Å². The monoisotopic (exact) mass is 369 g/mol. The van der Waals surface area contributed by atoms with E-state index in [2.05, 4.69) is 14.7 Å². The minimum Gasteiger partial charge on any atom is -0.469 e. The number of aromatic nitrogens is 2. The van der Waals surface area contributed by atoms with E-state index in [1.807, 2.05) is 24.3 Å². The zero-order valence-electron chi connectivity index (χ0n) is 15.1. The number of hydrogen-bond donors (Lipinski definition) is 2. The number of nitrogens with zero attached hydrogens (tertiary/aromatic N) is 2. The third kappa shape index (κ3) is 3.39. The zero-order valence-corrected chi connectivity index (χ0v) is 15.1. The summed E-state index contributed by atoms with van der Waals surface area (Å²) in [6.45, 7) is 1.37. The first kappa shape index (κ1) is 18.5. The van der Waals surface area contributed by atoms with E-state index in [1.54, 1.807) is 6.07 Å². The molecule has 0 saturated carbocycles. The number of Topliss-reactive ketones (excluding diaryl/α,β-unsaturated/α-hetero) is 1. The summed E-state index contributed by atoms with van der Waals surface area (Å²) in [6.07, 6.45) is -1.74. The van der Waals surface area contributed by atoms with Crippen LogP contribution in [0.1, 0.15) is 34.3 Å². The average Bonchev–Trinajstić information content (AvgIpc) is 3.04. The first-order valence-corrected chi connectivity index (χ1v) is 8.28. The number of nitrogens with one attached hydrogen (secondary N) is 1. The van der Waals surface area contributed by atoms with Crippen molar-refractivity contribution in [2.24, 2.45) is 0 Å². The van der Waals surface area contributed by atoms with Crippen LogP contribution < -0.4 is 0 Å². The van der Waals surface area contributed by atoms with Crippen LogP contribution >= 0.6 is 0 Å². The van der Waals surface area contributed by atoms with Crippen molar-refractivity contribution >= 4 is 39.5 Å².